The second-order valence-corrected chi connectivity index (χ2v) is 6.20. The molecule has 0 aliphatic heterocycles. The minimum atomic E-state index is -0.509. The largest absolute Gasteiger partial charge is 0.443 e. The van der Waals surface area contributed by atoms with Gasteiger partial charge in [0.15, 0.2) is 17.2 Å². The molecule has 0 unspecified atom stereocenters. The van der Waals surface area contributed by atoms with Crippen molar-refractivity contribution in [2.75, 3.05) is 12.3 Å². The summed E-state index contributed by atoms with van der Waals surface area (Å²) < 4.78 is 7.29. The third-order valence-electron chi connectivity index (χ3n) is 4.26. The molecule has 1 amide bonds. The van der Waals surface area contributed by atoms with E-state index in [1.165, 1.54) is 12.5 Å². The van der Waals surface area contributed by atoms with Crippen LogP contribution in [0.4, 0.5) is 5.82 Å². The number of pyridine rings is 1. The molecule has 3 N–H and O–H groups in total. The van der Waals surface area contributed by atoms with Gasteiger partial charge in [-0.3, -0.25) is 4.79 Å². The van der Waals surface area contributed by atoms with Gasteiger partial charge in [0.05, 0.1) is 18.7 Å². The molecule has 4 aromatic rings. The first-order valence-electron chi connectivity index (χ1n) is 8.75. The summed E-state index contributed by atoms with van der Waals surface area (Å²) in [5, 5.41) is 11.3. The zero-order chi connectivity index (χ0) is 20.4. The van der Waals surface area contributed by atoms with E-state index in [2.05, 4.69) is 25.3 Å². The topological polar surface area (TPSA) is 148 Å². The van der Waals surface area contributed by atoms with Crippen LogP contribution in [0.25, 0.3) is 28.5 Å². The lowest BCUT2D eigenvalue weighted by molar-refractivity contribution is 0.0950. The smallest absolute Gasteiger partial charge is 0.273 e. The molecule has 144 valence electrons. The maximum absolute atomic E-state index is 12.5. The van der Waals surface area contributed by atoms with E-state index in [1.807, 2.05) is 35.7 Å². The third kappa shape index (κ3) is 3.37. The molecule has 4 heterocycles. The number of oxazole rings is 1. The number of rotatable bonds is 5. The molecular formula is C19H16N8O2. The lowest BCUT2D eigenvalue weighted by atomic mass is 10.1. The van der Waals surface area contributed by atoms with Crippen molar-refractivity contribution in [2.45, 2.75) is 13.3 Å². The number of aromatic nitrogens is 5. The molecule has 0 aromatic carbocycles. The van der Waals surface area contributed by atoms with Gasteiger partial charge in [0.25, 0.3) is 5.91 Å². The fraction of sp³-hybridized carbons (Fsp3) is 0.158. The van der Waals surface area contributed by atoms with E-state index < -0.39 is 5.91 Å². The van der Waals surface area contributed by atoms with E-state index in [-0.39, 0.29) is 30.4 Å². The van der Waals surface area contributed by atoms with Crippen LogP contribution in [0.5, 0.6) is 0 Å². The monoisotopic (exact) mass is 388 g/mol. The second-order valence-electron chi connectivity index (χ2n) is 6.20. The summed E-state index contributed by atoms with van der Waals surface area (Å²) in [4.78, 5) is 29.8. The van der Waals surface area contributed by atoms with Crippen LogP contribution in [0.1, 0.15) is 22.6 Å². The Morgan fingerprint density at radius 3 is 2.93 bits per heavy atom. The van der Waals surface area contributed by atoms with Crippen molar-refractivity contribution in [3.8, 4) is 28.9 Å². The maximum Gasteiger partial charge on any atom is 0.273 e. The molecule has 0 aliphatic rings. The number of nitrogens with two attached hydrogens (primary N) is 1. The fourth-order valence-corrected chi connectivity index (χ4v) is 2.86. The number of hydrogen-bond donors (Lipinski definition) is 2. The molecule has 10 heteroatoms. The summed E-state index contributed by atoms with van der Waals surface area (Å²) in [6.45, 7) is 2.12. The zero-order valence-electron chi connectivity index (χ0n) is 15.5. The van der Waals surface area contributed by atoms with Crippen molar-refractivity contribution >= 4 is 17.4 Å². The van der Waals surface area contributed by atoms with Gasteiger partial charge >= 0.3 is 0 Å². The molecule has 0 radical (unpaired) electrons. The van der Waals surface area contributed by atoms with Crippen molar-refractivity contribution in [2.24, 2.45) is 0 Å². The Morgan fingerprint density at radius 1 is 1.31 bits per heavy atom. The number of anilines is 1. The van der Waals surface area contributed by atoms with Gasteiger partial charge < -0.3 is 19.9 Å². The number of imidazole rings is 1. The van der Waals surface area contributed by atoms with Gasteiger partial charge in [0.1, 0.15) is 17.6 Å². The molecule has 0 bridgehead atoms. The van der Waals surface area contributed by atoms with Crippen LogP contribution < -0.4 is 11.1 Å². The number of carbonyl (C=O) groups excluding carboxylic acids is 1. The summed E-state index contributed by atoms with van der Waals surface area (Å²) in [6, 6.07) is 5.63. The first-order chi connectivity index (χ1) is 14.1. The standard InChI is InChI=1S/C19H16N8O2/c1-11-9-24-13-4-3-12(10-27(11)13)14-15(19-23-7-8-29-19)26-17(21)16(25-14)18(28)22-6-2-5-20/h3-4,7-10H,2,6H2,1H3,(H2,21,26)(H,22,28). The maximum atomic E-state index is 12.5. The van der Waals surface area contributed by atoms with E-state index >= 15 is 0 Å². The van der Waals surface area contributed by atoms with Gasteiger partial charge in [0, 0.05) is 30.2 Å². The molecular weight excluding hydrogens is 372 g/mol. The van der Waals surface area contributed by atoms with E-state index in [0.29, 0.717) is 17.0 Å². The van der Waals surface area contributed by atoms with Crippen LogP contribution in [-0.2, 0) is 0 Å². The molecule has 29 heavy (non-hydrogen) atoms. The number of nitrogens with zero attached hydrogens (tertiary/aromatic N) is 6. The minimum absolute atomic E-state index is 0.0318. The molecule has 0 spiro atoms. The van der Waals surface area contributed by atoms with E-state index in [4.69, 9.17) is 15.4 Å². The Bertz CT molecular complexity index is 1240. The van der Waals surface area contributed by atoms with Crippen LogP contribution in [0.3, 0.4) is 0 Å². The Labute approximate surface area is 165 Å². The van der Waals surface area contributed by atoms with E-state index in [0.717, 1.165) is 11.3 Å². The summed E-state index contributed by atoms with van der Waals surface area (Å²) >= 11 is 0. The average molecular weight is 388 g/mol. The minimum Gasteiger partial charge on any atom is -0.443 e. The summed E-state index contributed by atoms with van der Waals surface area (Å²) in [5.74, 6) is -0.334. The highest BCUT2D eigenvalue weighted by Gasteiger charge is 2.22. The summed E-state index contributed by atoms with van der Waals surface area (Å²) in [6.07, 6.45) is 6.70. The van der Waals surface area contributed by atoms with Crippen LogP contribution in [-0.4, -0.2) is 36.8 Å². The van der Waals surface area contributed by atoms with Gasteiger partial charge in [-0.1, -0.05) is 0 Å². The highest BCUT2D eigenvalue weighted by Crippen LogP contribution is 2.30. The number of aryl methyl sites for hydroxylation is 1. The number of nitrogen functional groups attached to an aromatic ring is 1. The van der Waals surface area contributed by atoms with Gasteiger partial charge in [-0.2, -0.15) is 5.26 Å². The number of hydrogen-bond acceptors (Lipinski definition) is 8. The SMILES string of the molecule is Cc1cnc2ccc(-c3nc(C(=O)NCCC#N)c(N)nc3-c3ncco3)cn12. The molecule has 4 rings (SSSR count). The van der Waals surface area contributed by atoms with Crippen molar-refractivity contribution in [3.05, 3.63) is 48.4 Å². The second kappa shape index (κ2) is 7.40. The molecule has 10 nitrogen and oxygen atoms in total. The van der Waals surface area contributed by atoms with Gasteiger partial charge in [-0.25, -0.2) is 19.9 Å². The van der Waals surface area contributed by atoms with Crippen LogP contribution in [0, 0.1) is 18.3 Å². The Hall–Kier alpha value is -4.26. The number of fused-ring (bicyclic) bond motifs is 1. The highest BCUT2D eigenvalue weighted by molar-refractivity contribution is 5.97. The van der Waals surface area contributed by atoms with Crippen LogP contribution in [0.15, 0.2) is 41.4 Å². The normalized spacial score (nSPS) is 10.8. The van der Waals surface area contributed by atoms with Crippen molar-refractivity contribution in [3.63, 3.8) is 0 Å². The molecule has 4 aromatic heterocycles. The molecule has 0 fully saturated rings. The zero-order valence-corrected chi connectivity index (χ0v) is 15.5. The lowest BCUT2D eigenvalue weighted by Gasteiger charge is -2.11. The Morgan fingerprint density at radius 2 is 2.17 bits per heavy atom. The van der Waals surface area contributed by atoms with Gasteiger partial charge in [0.2, 0.25) is 5.89 Å². The predicted octanol–water partition coefficient (Wildman–Crippen LogP) is 1.98. The first-order valence-corrected chi connectivity index (χ1v) is 8.75. The number of amides is 1. The summed E-state index contributed by atoms with van der Waals surface area (Å²) in [5.41, 5.74) is 9.08. The molecule has 0 saturated carbocycles. The third-order valence-corrected chi connectivity index (χ3v) is 4.26. The lowest BCUT2D eigenvalue weighted by Crippen LogP contribution is -2.27. The number of carbonyl (C=O) groups is 1. The fourth-order valence-electron chi connectivity index (χ4n) is 2.86. The van der Waals surface area contributed by atoms with Crippen molar-refractivity contribution in [1.82, 2.24) is 29.7 Å². The molecule has 0 atom stereocenters. The molecule has 0 aliphatic carbocycles. The quantitative estimate of drug-likeness (QED) is 0.493. The van der Waals surface area contributed by atoms with E-state index in [9.17, 15) is 4.79 Å². The number of nitrogens with one attached hydrogen (secondary N) is 1. The molecule has 0 saturated heterocycles. The van der Waals surface area contributed by atoms with Gasteiger partial charge in [-0.05, 0) is 19.1 Å². The number of nitriles is 1. The van der Waals surface area contributed by atoms with Crippen LogP contribution in [0.2, 0.25) is 0 Å². The first kappa shape index (κ1) is 18.1. The van der Waals surface area contributed by atoms with Crippen molar-refractivity contribution in [1.29, 1.82) is 5.26 Å². The van der Waals surface area contributed by atoms with Crippen molar-refractivity contribution < 1.29 is 9.21 Å². The highest BCUT2D eigenvalue weighted by atomic mass is 16.3. The Kier molecular flexibility index (Phi) is 4.62. The average Bonchev–Trinajstić information content (AvgIpc) is 3.38. The Balaban J connectivity index is 1.87. The van der Waals surface area contributed by atoms with E-state index in [1.54, 1.807) is 6.20 Å². The predicted molar refractivity (Wildman–Crippen MR) is 103 cm³/mol. The summed E-state index contributed by atoms with van der Waals surface area (Å²) in [7, 11) is 0. The van der Waals surface area contributed by atoms with Gasteiger partial charge in [-0.15, -0.1) is 0 Å². The van der Waals surface area contributed by atoms with Crippen LogP contribution >= 0.6 is 0 Å².